The minimum atomic E-state index is 0.193. The maximum Gasteiger partial charge on any atom is 0.193 e. The molecule has 3 N–H and O–H groups in total. The summed E-state index contributed by atoms with van der Waals surface area (Å²) in [6, 6.07) is 5.43. The predicted octanol–water partition coefficient (Wildman–Crippen LogP) is 3.67. The van der Waals surface area contributed by atoms with Gasteiger partial charge in [-0.1, -0.05) is 18.5 Å². The van der Waals surface area contributed by atoms with Crippen molar-refractivity contribution in [3.8, 4) is 5.75 Å². The monoisotopic (exact) mass is 339 g/mol. The van der Waals surface area contributed by atoms with Gasteiger partial charge in [0.1, 0.15) is 5.75 Å². The fraction of sp³-hybridized carbons (Fsp3) is 0.588. The van der Waals surface area contributed by atoms with E-state index in [9.17, 15) is 0 Å². The minimum Gasteiger partial charge on any atom is -0.495 e. The van der Waals surface area contributed by atoms with E-state index in [-0.39, 0.29) is 5.41 Å². The molecule has 0 amide bonds. The van der Waals surface area contributed by atoms with Gasteiger partial charge in [-0.2, -0.15) is 0 Å². The Bertz CT molecular complexity index is 555. The highest BCUT2D eigenvalue weighted by atomic mass is 35.5. The van der Waals surface area contributed by atoms with Crippen LogP contribution in [-0.2, 0) is 4.74 Å². The topological polar surface area (TPSA) is 68.9 Å². The molecule has 128 valence electrons. The summed E-state index contributed by atoms with van der Waals surface area (Å²) in [5.74, 6) is 1.04. The van der Waals surface area contributed by atoms with E-state index in [1.807, 2.05) is 6.07 Å². The van der Waals surface area contributed by atoms with Gasteiger partial charge in [0.2, 0.25) is 0 Å². The highest BCUT2D eigenvalue weighted by Gasteiger charge is 2.30. The second-order valence-electron chi connectivity index (χ2n) is 6.42. The fourth-order valence-electron chi connectivity index (χ4n) is 2.89. The molecule has 23 heavy (non-hydrogen) atoms. The van der Waals surface area contributed by atoms with Crippen molar-refractivity contribution in [1.82, 2.24) is 0 Å². The number of anilines is 1. The molecule has 0 radical (unpaired) electrons. The smallest absolute Gasteiger partial charge is 0.193 e. The Kier molecular flexibility index (Phi) is 6.13. The van der Waals surface area contributed by atoms with Crippen molar-refractivity contribution in [2.24, 2.45) is 16.1 Å². The molecule has 1 aliphatic rings. The molecule has 0 aromatic heterocycles. The zero-order valence-electron chi connectivity index (χ0n) is 14.1. The molecule has 1 fully saturated rings. The predicted molar refractivity (Wildman–Crippen MR) is 95.5 cm³/mol. The maximum absolute atomic E-state index is 6.10. The van der Waals surface area contributed by atoms with E-state index >= 15 is 0 Å². The van der Waals surface area contributed by atoms with Crippen molar-refractivity contribution < 1.29 is 9.47 Å². The minimum absolute atomic E-state index is 0.193. The van der Waals surface area contributed by atoms with Gasteiger partial charge in [0.25, 0.3) is 0 Å². The summed E-state index contributed by atoms with van der Waals surface area (Å²) in [6.07, 6.45) is 4.78. The molecule has 5 nitrogen and oxygen atoms in total. The average Bonchev–Trinajstić information content (AvgIpc) is 2.54. The van der Waals surface area contributed by atoms with Crippen molar-refractivity contribution in [2.45, 2.75) is 38.7 Å². The fourth-order valence-corrected chi connectivity index (χ4v) is 3.15. The molecular weight excluding hydrogens is 314 g/mol. The van der Waals surface area contributed by atoms with Crippen LogP contribution < -0.4 is 15.8 Å². The molecule has 0 bridgehead atoms. The highest BCUT2D eigenvalue weighted by molar-refractivity contribution is 6.32. The first-order valence-electron chi connectivity index (χ1n) is 7.89. The van der Waals surface area contributed by atoms with Crippen molar-refractivity contribution in [1.29, 1.82) is 0 Å². The lowest BCUT2D eigenvalue weighted by atomic mass is 9.75. The Morgan fingerprint density at radius 3 is 2.65 bits per heavy atom. The van der Waals surface area contributed by atoms with Crippen LogP contribution in [0.4, 0.5) is 5.69 Å². The van der Waals surface area contributed by atoms with Crippen molar-refractivity contribution in [3.63, 3.8) is 0 Å². The first kappa shape index (κ1) is 17.9. The van der Waals surface area contributed by atoms with Gasteiger partial charge >= 0.3 is 0 Å². The Morgan fingerprint density at radius 1 is 1.39 bits per heavy atom. The van der Waals surface area contributed by atoms with Gasteiger partial charge in [0.05, 0.1) is 18.2 Å². The molecule has 1 aliphatic carbocycles. The second kappa shape index (κ2) is 7.88. The van der Waals surface area contributed by atoms with Gasteiger partial charge in [0, 0.05) is 19.3 Å². The van der Waals surface area contributed by atoms with Gasteiger partial charge in [0.15, 0.2) is 5.96 Å². The summed E-state index contributed by atoms with van der Waals surface area (Å²) < 4.78 is 10.6. The number of methoxy groups -OCH3 is 2. The van der Waals surface area contributed by atoms with Crippen LogP contribution in [0.5, 0.6) is 5.75 Å². The molecule has 0 unspecified atom stereocenters. The Hall–Kier alpha value is -1.46. The molecule has 2 rings (SSSR count). The van der Waals surface area contributed by atoms with Crippen LogP contribution >= 0.6 is 11.6 Å². The van der Waals surface area contributed by atoms with Crippen LogP contribution in [0.15, 0.2) is 23.2 Å². The number of hydrogen-bond donors (Lipinski definition) is 2. The zero-order valence-corrected chi connectivity index (χ0v) is 14.8. The third-order valence-corrected chi connectivity index (χ3v) is 4.82. The maximum atomic E-state index is 6.10. The lowest BCUT2D eigenvalue weighted by Gasteiger charge is -2.35. The van der Waals surface area contributed by atoms with Crippen LogP contribution in [0.3, 0.4) is 0 Å². The zero-order chi connectivity index (χ0) is 16.9. The molecule has 0 spiro atoms. The van der Waals surface area contributed by atoms with Crippen LogP contribution in [0.25, 0.3) is 0 Å². The molecule has 6 heteroatoms. The van der Waals surface area contributed by atoms with E-state index in [0.29, 0.717) is 29.4 Å². The number of ether oxygens (including phenoxy) is 2. The summed E-state index contributed by atoms with van der Waals surface area (Å²) in [5.41, 5.74) is 6.99. The average molecular weight is 340 g/mol. The Labute approximate surface area is 143 Å². The molecule has 0 heterocycles. The van der Waals surface area contributed by atoms with Gasteiger partial charge in [-0.05, 0) is 49.3 Å². The van der Waals surface area contributed by atoms with E-state index in [1.165, 1.54) is 0 Å². The number of aliphatic imine (C=N–C) groups is 1. The van der Waals surface area contributed by atoms with E-state index in [4.69, 9.17) is 26.8 Å². The highest BCUT2D eigenvalue weighted by Crippen LogP contribution is 2.37. The summed E-state index contributed by atoms with van der Waals surface area (Å²) in [5, 5.41) is 3.61. The normalized spacial score (nSPS) is 25.2. The second-order valence-corrected chi connectivity index (χ2v) is 6.83. The van der Waals surface area contributed by atoms with E-state index in [1.54, 1.807) is 26.4 Å². The van der Waals surface area contributed by atoms with E-state index < -0.39 is 0 Å². The lowest BCUT2D eigenvalue weighted by molar-refractivity contribution is 0.0353. The summed E-state index contributed by atoms with van der Waals surface area (Å²) in [4.78, 5) is 4.51. The van der Waals surface area contributed by atoms with Crippen LogP contribution in [0.2, 0.25) is 5.02 Å². The molecule has 0 saturated heterocycles. The molecule has 0 atom stereocenters. The molecule has 1 aromatic rings. The van der Waals surface area contributed by atoms with Gasteiger partial charge in [-0.15, -0.1) is 0 Å². The first-order valence-corrected chi connectivity index (χ1v) is 8.27. The Morgan fingerprint density at radius 2 is 2.09 bits per heavy atom. The van der Waals surface area contributed by atoms with Gasteiger partial charge in [-0.3, -0.25) is 4.99 Å². The summed E-state index contributed by atoms with van der Waals surface area (Å²) in [7, 11) is 3.37. The largest absolute Gasteiger partial charge is 0.495 e. The molecule has 1 saturated carbocycles. The van der Waals surface area contributed by atoms with Crippen LogP contribution in [-0.4, -0.2) is 32.8 Å². The number of benzene rings is 1. The number of nitrogens with two attached hydrogens (primary N) is 1. The standard InChI is InChI=1S/C17H26ClN3O2/c1-17(8-6-13(22-2)7-9-17)11-20-16(19)21-12-4-5-15(23-3)14(18)10-12/h4-5,10,13H,6-9,11H2,1-3H3,(H3,19,20,21). The summed E-state index contributed by atoms with van der Waals surface area (Å²) >= 11 is 6.10. The molecule has 1 aromatic carbocycles. The lowest BCUT2D eigenvalue weighted by Crippen LogP contribution is -2.32. The van der Waals surface area contributed by atoms with Crippen LogP contribution in [0, 0.1) is 5.41 Å². The summed E-state index contributed by atoms with van der Waals surface area (Å²) in [6.45, 7) is 2.98. The third-order valence-electron chi connectivity index (χ3n) is 4.53. The third kappa shape index (κ3) is 5.01. The number of guanidine groups is 1. The molecular formula is C17H26ClN3O2. The number of nitrogens with one attached hydrogen (secondary N) is 1. The Balaban J connectivity index is 1.91. The first-order chi connectivity index (χ1) is 11.0. The number of halogens is 1. The van der Waals surface area contributed by atoms with Crippen molar-refractivity contribution >= 4 is 23.2 Å². The van der Waals surface area contributed by atoms with E-state index in [2.05, 4.69) is 17.2 Å². The van der Waals surface area contributed by atoms with Gasteiger partial charge in [-0.25, -0.2) is 0 Å². The van der Waals surface area contributed by atoms with Crippen molar-refractivity contribution in [2.75, 3.05) is 26.1 Å². The quantitative estimate of drug-likeness (QED) is 0.634. The number of hydrogen-bond acceptors (Lipinski definition) is 3. The number of rotatable bonds is 5. The SMILES string of the molecule is COc1ccc(NC(N)=NCC2(C)CCC(OC)CC2)cc1Cl. The molecule has 0 aliphatic heterocycles. The van der Waals surface area contributed by atoms with E-state index in [0.717, 1.165) is 31.4 Å². The van der Waals surface area contributed by atoms with Crippen LogP contribution in [0.1, 0.15) is 32.6 Å². The number of nitrogens with zero attached hydrogens (tertiary/aromatic N) is 1. The van der Waals surface area contributed by atoms with Crippen molar-refractivity contribution in [3.05, 3.63) is 23.2 Å². The van der Waals surface area contributed by atoms with Gasteiger partial charge < -0.3 is 20.5 Å².